The van der Waals surface area contributed by atoms with Crippen LogP contribution in [-0.2, 0) is 9.53 Å². The Hall–Kier alpha value is -2.24. The van der Waals surface area contributed by atoms with Crippen molar-refractivity contribution in [2.24, 2.45) is 0 Å². The zero-order valence-corrected chi connectivity index (χ0v) is 11.7. The summed E-state index contributed by atoms with van der Waals surface area (Å²) in [4.78, 5) is 23.9. The Kier molecular flexibility index (Phi) is 4.12. The van der Waals surface area contributed by atoms with E-state index in [0.717, 1.165) is 6.42 Å². The van der Waals surface area contributed by atoms with Gasteiger partial charge in [0, 0.05) is 5.70 Å². The van der Waals surface area contributed by atoms with Crippen molar-refractivity contribution in [3.05, 3.63) is 35.4 Å². The highest BCUT2D eigenvalue weighted by atomic mass is 16.5. The van der Waals surface area contributed by atoms with Gasteiger partial charge in [-0.1, -0.05) is 6.92 Å². The lowest BCUT2D eigenvalue weighted by Gasteiger charge is -2.27. The standard InChI is InChI=1S/C14H18N2O4/c1-4-8(2)20-13(17)11-9(3)15-14(18)16-12(11)10-6-5-7-19-10/h5-8,12H,4H2,1-3H3,(H2,15,16,18). The Labute approximate surface area is 117 Å². The van der Waals surface area contributed by atoms with Crippen LogP contribution in [0.2, 0.25) is 0 Å². The lowest BCUT2D eigenvalue weighted by Crippen LogP contribution is -2.45. The Morgan fingerprint density at radius 3 is 2.90 bits per heavy atom. The molecule has 6 nitrogen and oxygen atoms in total. The van der Waals surface area contributed by atoms with Gasteiger partial charge >= 0.3 is 12.0 Å². The predicted octanol–water partition coefficient (Wildman–Crippen LogP) is 2.25. The van der Waals surface area contributed by atoms with Crippen LogP contribution in [0.15, 0.2) is 34.1 Å². The summed E-state index contributed by atoms with van der Waals surface area (Å²) in [7, 11) is 0. The van der Waals surface area contributed by atoms with Gasteiger partial charge in [-0.05, 0) is 32.4 Å². The van der Waals surface area contributed by atoms with E-state index >= 15 is 0 Å². The van der Waals surface area contributed by atoms with Gasteiger partial charge in [-0.3, -0.25) is 0 Å². The summed E-state index contributed by atoms with van der Waals surface area (Å²) < 4.78 is 10.6. The highest BCUT2D eigenvalue weighted by molar-refractivity contribution is 5.94. The average Bonchev–Trinajstić information content (AvgIpc) is 2.91. The van der Waals surface area contributed by atoms with Crippen LogP contribution in [0.3, 0.4) is 0 Å². The molecule has 0 aliphatic carbocycles. The monoisotopic (exact) mass is 278 g/mol. The van der Waals surface area contributed by atoms with Gasteiger partial charge < -0.3 is 19.8 Å². The molecule has 0 aromatic carbocycles. The number of furan rings is 1. The third kappa shape index (κ3) is 2.84. The van der Waals surface area contributed by atoms with Crippen molar-refractivity contribution in [1.82, 2.24) is 10.6 Å². The van der Waals surface area contributed by atoms with E-state index < -0.39 is 12.0 Å². The fourth-order valence-corrected chi connectivity index (χ4v) is 1.96. The van der Waals surface area contributed by atoms with Crippen molar-refractivity contribution < 1.29 is 18.7 Å². The SMILES string of the molecule is CCC(C)OC(=O)C1=C(C)NC(=O)NC1c1ccco1. The number of carbonyl (C=O) groups excluding carboxylic acids is 2. The van der Waals surface area contributed by atoms with Gasteiger partial charge in [-0.15, -0.1) is 0 Å². The molecule has 0 fully saturated rings. The molecule has 0 radical (unpaired) electrons. The Balaban J connectivity index is 2.31. The number of hydrogen-bond donors (Lipinski definition) is 2. The van der Waals surface area contributed by atoms with E-state index in [1.807, 2.05) is 13.8 Å². The lowest BCUT2D eigenvalue weighted by molar-refractivity contribution is -0.144. The molecule has 0 bridgehead atoms. The maximum atomic E-state index is 12.3. The van der Waals surface area contributed by atoms with Crippen LogP contribution in [0.4, 0.5) is 4.79 Å². The van der Waals surface area contributed by atoms with Crippen molar-refractivity contribution >= 4 is 12.0 Å². The van der Waals surface area contributed by atoms with Crippen molar-refractivity contribution in [2.45, 2.75) is 39.3 Å². The first-order valence-electron chi connectivity index (χ1n) is 6.55. The normalized spacial score (nSPS) is 20.1. The van der Waals surface area contributed by atoms with Crippen molar-refractivity contribution in [3.63, 3.8) is 0 Å². The molecule has 1 aliphatic rings. The summed E-state index contributed by atoms with van der Waals surface area (Å²) in [5.74, 6) is 0.0426. The molecule has 108 valence electrons. The van der Waals surface area contributed by atoms with E-state index in [1.54, 1.807) is 19.1 Å². The molecule has 0 saturated carbocycles. The first-order chi connectivity index (χ1) is 9.52. The van der Waals surface area contributed by atoms with Gasteiger partial charge in [0.1, 0.15) is 11.8 Å². The van der Waals surface area contributed by atoms with Gasteiger partial charge in [0.05, 0.1) is 17.9 Å². The molecule has 2 heterocycles. The van der Waals surface area contributed by atoms with Crippen LogP contribution in [-0.4, -0.2) is 18.1 Å². The summed E-state index contributed by atoms with van der Waals surface area (Å²) in [6.45, 7) is 5.43. The Bertz CT molecular complexity index is 533. The summed E-state index contributed by atoms with van der Waals surface area (Å²) in [6.07, 6.45) is 2.04. The van der Waals surface area contributed by atoms with Gasteiger partial charge in [0.25, 0.3) is 0 Å². The number of hydrogen-bond acceptors (Lipinski definition) is 4. The molecule has 2 unspecified atom stereocenters. The molecule has 2 N–H and O–H groups in total. The van der Waals surface area contributed by atoms with E-state index in [0.29, 0.717) is 17.0 Å². The Morgan fingerprint density at radius 1 is 1.55 bits per heavy atom. The second-order valence-corrected chi connectivity index (χ2v) is 4.71. The number of rotatable bonds is 4. The third-order valence-corrected chi connectivity index (χ3v) is 3.20. The Morgan fingerprint density at radius 2 is 2.30 bits per heavy atom. The van der Waals surface area contributed by atoms with Gasteiger partial charge in [-0.25, -0.2) is 9.59 Å². The highest BCUT2D eigenvalue weighted by Crippen LogP contribution is 2.28. The number of allylic oxidation sites excluding steroid dienone is 1. The smallest absolute Gasteiger partial charge is 0.338 e. The molecule has 2 rings (SSSR count). The van der Waals surface area contributed by atoms with Crippen molar-refractivity contribution in [2.75, 3.05) is 0 Å². The summed E-state index contributed by atoms with van der Waals surface area (Å²) in [5, 5.41) is 5.25. The first-order valence-corrected chi connectivity index (χ1v) is 6.55. The fourth-order valence-electron chi connectivity index (χ4n) is 1.96. The number of urea groups is 1. The summed E-state index contributed by atoms with van der Waals surface area (Å²) in [6, 6.07) is 2.41. The predicted molar refractivity (Wildman–Crippen MR) is 71.7 cm³/mol. The molecular weight excluding hydrogens is 260 g/mol. The van der Waals surface area contributed by atoms with Crippen molar-refractivity contribution in [1.29, 1.82) is 0 Å². The van der Waals surface area contributed by atoms with Gasteiger partial charge in [0.2, 0.25) is 0 Å². The van der Waals surface area contributed by atoms with Gasteiger partial charge in [-0.2, -0.15) is 0 Å². The van der Waals surface area contributed by atoms with Crippen molar-refractivity contribution in [3.8, 4) is 0 Å². The maximum absolute atomic E-state index is 12.3. The van der Waals surface area contributed by atoms with Crippen LogP contribution >= 0.6 is 0 Å². The summed E-state index contributed by atoms with van der Waals surface area (Å²) in [5.41, 5.74) is 0.836. The lowest BCUT2D eigenvalue weighted by atomic mass is 10.0. The highest BCUT2D eigenvalue weighted by Gasteiger charge is 2.34. The molecule has 2 amide bonds. The molecule has 1 aromatic heterocycles. The maximum Gasteiger partial charge on any atom is 0.338 e. The first kappa shape index (κ1) is 14.2. The topological polar surface area (TPSA) is 80.6 Å². The largest absolute Gasteiger partial charge is 0.467 e. The number of ether oxygens (including phenoxy) is 1. The molecule has 0 saturated heterocycles. The van der Waals surface area contributed by atoms with E-state index in [1.165, 1.54) is 6.26 Å². The van der Waals surface area contributed by atoms with E-state index in [2.05, 4.69) is 10.6 Å². The second-order valence-electron chi connectivity index (χ2n) is 4.71. The van der Waals surface area contributed by atoms with Crippen LogP contribution in [0, 0.1) is 0 Å². The summed E-state index contributed by atoms with van der Waals surface area (Å²) >= 11 is 0. The minimum atomic E-state index is -0.629. The molecule has 6 heteroatoms. The van der Waals surface area contributed by atoms with Crippen LogP contribution in [0.5, 0.6) is 0 Å². The van der Waals surface area contributed by atoms with Crippen LogP contribution in [0.25, 0.3) is 0 Å². The fraction of sp³-hybridized carbons (Fsp3) is 0.429. The molecule has 0 spiro atoms. The molecule has 1 aliphatic heterocycles. The minimum Gasteiger partial charge on any atom is -0.467 e. The number of carbonyl (C=O) groups is 2. The quantitative estimate of drug-likeness (QED) is 0.828. The average molecular weight is 278 g/mol. The second kappa shape index (κ2) is 5.81. The van der Waals surface area contributed by atoms with Crippen LogP contribution in [0.1, 0.15) is 39.0 Å². The minimum absolute atomic E-state index is 0.183. The van der Waals surface area contributed by atoms with E-state index in [-0.39, 0.29) is 12.1 Å². The van der Waals surface area contributed by atoms with E-state index in [9.17, 15) is 9.59 Å². The van der Waals surface area contributed by atoms with Gasteiger partial charge in [0.15, 0.2) is 0 Å². The number of amides is 2. The van der Waals surface area contributed by atoms with E-state index in [4.69, 9.17) is 9.15 Å². The zero-order valence-electron chi connectivity index (χ0n) is 11.7. The zero-order chi connectivity index (χ0) is 14.7. The van der Waals surface area contributed by atoms with Crippen LogP contribution < -0.4 is 10.6 Å². The molecule has 1 aromatic rings. The molecule has 20 heavy (non-hydrogen) atoms. The number of nitrogens with one attached hydrogen (secondary N) is 2. The molecular formula is C14H18N2O4. The number of esters is 1. The third-order valence-electron chi connectivity index (χ3n) is 3.20. The molecule has 2 atom stereocenters.